The van der Waals surface area contributed by atoms with E-state index >= 15 is 0 Å². The third kappa shape index (κ3) is 8.31. The number of rotatable bonds is 12. The van der Waals surface area contributed by atoms with Gasteiger partial charge in [-0.25, -0.2) is 0 Å². The number of carbonyl (C=O) groups excluding carboxylic acids is 1. The van der Waals surface area contributed by atoms with E-state index in [1.807, 2.05) is 6.92 Å². The molecule has 0 saturated carbocycles. The molecular weight excluding hydrogens is 328 g/mol. The molecule has 0 heterocycles. The van der Waals surface area contributed by atoms with Gasteiger partial charge in [-0.15, -0.1) is 0 Å². The van der Waals surface area contributed by atoms with E-state index < -0.39 is 10.3 Å². The first kappa shape index (κ1) is 20.4. The lowest BCUT2D eigenvalue weighted by atomic mass is 10.2. The fourth-order valence-electron chi connectivity index (χ4n) is 2.07. The number of amides is 1. The van der Waals surface area contributed by atoms with Crippen molar-refractivity contribution in [2.75, 3.05) is 13.1 Å². The summed E-state index contributed by atoms with van der Waals surface area (Å²) >= 11 is 0. The second kappa shape index (κ2) is 11.0. The number of hydrogen-bond acceptors (Lipinski definition) is 4. The average molecular weight is 356 g/mol. The molecule has 0 fully saturated rings. The Balaban J connectivity index is 2.47. The predicted molar refractivity (Wildman–Crippen MR) is 95.4 cm³/mol. The molecule has 1 amide bonds. The molecule has 0 spiro atoms. The number of hydrogen-bond donors (Lipinski definition) is 2. The van der Waals surface area contributed by atoms with Gasteiger partial charge in [0.2, 0.25) is 0 Å². The third-order valence-electron chi connectivity index (χ3n) is 3.45. The van der Waals surface area contributed by atoms with Crippen LogP contribution in [0.5, 0.6) is 5.75 Å². The largest absolute Gasteiger partial charge is 0.382 e. The first-order valence-corrected chi connectivity index (χ1v) is 9.96. The highest BCUT2D eigenvalue weighted by molar-refractivity contribution is 7.85. The van der Waals surface area contributed by atoms with Crippen molar-refractivity contribution in [3.63, 3.8) is 0 Å². The normalized spacial score (nSPS) is 11.2. The SMILES string of the molecule is CCCCCNC(=O)c1ccc(OS(=O)(=O)NCCCCC)cc1. The van der Waals surface area contributed by atoms with Crippen LogP contribution in [0.3, 0.4) is 0 Å². The maximum atomic E-state index is 11.9. The zero-order chi connectivity index (χ0) is 17.8. The highest BCUT2D eigenvalue weighted by atomic mass is 32.2. The van der Waals surface area contributed by atoms with E-state index in [9.17, 15) is 13.2 Å². The fraction of sp³-hybridized carbons (Fsp3) is 0.588. The van der Waals surface area contributed by atoms with Crippen LogP contribution in [-0.2, 0) is 10.3 Å². The molecule has 7 heteroatoms. The Kier molecular flexibility index (Phi) is 9.41. The first-order valence-electron chi connectivity index (χ1n) is 8.56. The summed E-state index contributed by atoms with van der Waals surface area (Å²) in [5.41, 5.74) is 0.479. The zero-order valence-electron chi connectivity index (χ0n) is 14.5. The topological polar surface area (TPSA) is 84.5 Å². The van der Waals surface area contributed by atoms with Crippen LogP contribution in [0.4, 0.5) is 0 Å². The van der Waals surface area contributed by atoms with Crippen molar-refractivity contribution >= 4 is 16.2 Å². The summed E-state index contributed by atoms with van der Waals surface area (Å²) in [6.45, 7) is 5.15. The van der Waals surface area contributed by atoms with E-state index in [-0.39, 0.29) is 11.7 Å². The van der Waals surface area contributed by atoms with Gasteiger partial charge in [0.05, 0.1) is 0 Å². The summed E-state index contributed by atoms with van der Waals surface area (Å²) in [4.78, 5) is 11.9. The molecule has 0 atom stereocenters. The Hall–Kier alpha value is -1.60. The number of unbranched alkanes of at least 4 members (excludes halogenated alkanes) is 4. The molecule has 0 aliphatic heterocycles. The van der Waals surface area contributed by atoms with Crippen molar-refractivity contribution in [3.8, 4) is 5.75 Å². The van der Waals surface area contributed by atoms with E-state index in [0.717, 1.165) is 38.5 Å². The van der Waals surface area contributed by atoms with Gasteiger partial charge in [0.15, 0.2) is 0 Å². The molecule has 1 rings (SSSR count). The number of nitrogens with one attached hydrogen (secondary N) is 2. The Labute approximate surface area is 145 Å². The minimum absolute atomic E-state index is 0.168. The Bertz CT molecular complexity index is 585. The van der Waals surface area contributed by atoms with Gasteiger partial charge in [-0.05, 0) is 37.1 Å². The second-order valence-electron chi connectivity index (χ2n) is 5.63. The maximum absolute atomic E-state index is 11.9. The molecular formula is C17H28N2O4S. The number of benzene rings is 1. The van der Waals surface area contributed by atoms with E-state index in [1.165, 1.54) is 12.1 Å². The van der Waals surface area contributed by atoms with E-state index in [4.69, 9.17) is 4.18 Å². The molecule has 136 valence electrons. The van der Waals surface area contributed by atoms with Gasteiger partial charge in [0.1, 0.15) is 5.75 Å². The molecule has 24 heavy (non-hydrogen) atoms. The maximum Gasteiger partial charge on any atom is 0.382 e. The minimum Gasteiger partial charge on any atom is -0.371 e. The molecule has 0 aliphatic rings. The summed E-state index contributed by atoms with van der Waals surface area (Å²) in [7, 11) is -3.82. The van der Waals surface area contributed by atoms with Crippen LogP contribution >= 0.6 is 0 Å². The molecule has 0 radical (unpaired) electrons. The molecule has 0 aliphatic carbocycles. The van der Waals surface area contributed by atoms with Crippen LogP contribution in [0.25, 0.3) is 0 Å². The summed E-state index contributed by atoms with van der Waals surface area (Å²) in [6.07, 6.45) is 5.88. The smallest absolute Gasteiger partial charge is 0.371 e. The van der Waals surface area contributed by atoms with Gasteiger partial charge in [-0.3, -0.25) is 4.79 Å². The van der Waals surface area contributed by atoms with Gasteiger partial charge in [-0.2, -0.15) is 13.1 Å². The summed E-state index contributed by atoms with van der Waals surface area (Å²) in [6, 6.07) is 6.06. The standard InChI is InChI=1S/C17H28N2O4S/c1-3-5-7-13-18-17(20)15-9-11-16(12-10-15)23-24(21,22)19-14-8-6-4-2/h9-12,19H,3-8,13-14H2,1-2H3,(H,18,20). The van der Waals surface area contributed by atoms with Crippen LogP contribution in [0.1, 0.15) is 62.7 Å². The summed E-state index contributed by atoms with van der Waals surface area (Å²) in [5.74, 6) is 0.0127. The van der Waals surface area contributed by atoms with Gasteiger partial charge in [-0.1, -0.05) is 39.5 Å². The lowest BCUT2D eigenvalue weighted by molar-refractivity contribution is 0.0953. The quantitative estimate of drug-likeness (QED) is 0.564. The molecule has 0 aromatic heterocycles. The Morgan fingerprint density at radius 3 is 2.12 bits per heavy atom. The van der Waals surface area contributed by atoms with Crippen molar-refractivity contribution < 1.29 is 17.4 Å². The molecule has 0 bridgehead atoms. The number of carbonyl (C=O) groups is 1. The minimum atomic E-state index is -3.82. The summed E-state index contributed by atoms with van der Waals surface area (Å²) in [5, 5.41) is 2.83. The average Bonchev–Trinajstić information content (AvgIpc) is 2.56. The predicted octanol–water partition coefficient (Wildman–Crippen LogP) is 3.01. The molecule has 1 aromatic rings. The molecule has 0 saturated heterocycles. The first-order chi connectivity index (χ1) is 11.5. The molecule has 1 aromatic carbocycles. The van der Waals surface area contributed by atoms with Crippen molar-refractivity contribution in [2.24, 2.45) is 0 Å². The van der Waals surface area contributed by atoms with E-state index in [0.29, 0.717) is 18.7 Å². The highest BCUT2D eigenvalue weighted by Crippen LogP contribution is 2.14. The molecule has 2 N–H and O–H groups in total. The van der Waals surface area contributed by atoms with Gasteiger partial charge < -0.3 is 9.50 Å². The fourth-order valence-corrected chi connectivity index (χ4v) is 2.89. The zero-order valence-corrected chi connectivity index (χ0v) is 15.3. The molecule has 0 unspecified atom stereocenters. The highest BCUT2D eigenvalue weighted by Gasteiger charge is 2.12. The van der Waals surface area contributed by atoms with Crippen molar-refractivity contribution in [3.05, 3.63) is 29.8 Å². The molecule has 6 nitrogen and oxygen atoms in total. The Morgan fingerprint density at radius 2 is 1.54 bits per heavy atom. The van der Waals surface area contributed by atoms with Crippen LogP contribution in [0, 0.1) is 0 Å². The van der Waals surface area contributed by atoms with Gasteiger partial charge in [0.25, 0.3) is 5.91 Å². The van der Waals surface area contributed by atoms with Crippen molar-refractivity contribution in [2.45, 2.75) is 52.4 Å². The van der Waals surface area contributed by atoms with E-state index in [2.05, 4.69) is 17.0 Å². The lowest BCUT2D eigenvalue weighted by Gasteiger charge is -2.09. The van der Waals surface area contributed by atoms with Crippen LogP contribution in [-0.4, -0.2) is 27.4 Å². The van der Waals surface area contributed by atoms with Crippen LogP contribution < -0.4 is 14.2 Å². The van der Waals surface area contributed by atoms with Crippen LogP contribution in [0.2, 0.25) is 0 Å². The summed E-state index contributed by atoms with van der Waals surface area (Å²) < 4.78 is 30.9. The van der Waals surface area contributed by atoms with E-state index in [1.54, 1.807) is 12.1 Å². The second-order valence-corrected chi connectivity index (χ2v) is 6.99. The Morgan fingerprint density at radius 1 is 0.958 bits per heavy atom. The van der Waals surface area contributed by atoms with Gasteiger partial charge in [0, 0.05) is 18.7 Å². The van der Waals surface area contributed by atoms with Crippen molar-refractivity contribution in [1.82, 2.24) is 10.0 Å². The van der Waals surface area contributed by atoms with Gasteiger partial charge >= 0.3 is 10.3 Å². The third-order valence-corrected chi connectivity index (χ3v) is 4.42. The van der Waals surface area contributed by atoms with Crippen molar-refractivity contribution in [1.29, 1.82) is 0 Å². The van der Waals surface area contributed by atoms with Crippen LogP contribution in [0.15, 0.2) is 24.3 Å². The lowest BCUT2D eigenvalue weighted by Crippen LogP contribution is -2.29. The monoisotopic (exact) mass is 356 g/mol.